The van der Waals surface area contributed by atoms with Crippen molar-refractivity contribution in [2.24, 2.45) is 0 Å². The van der Waals surface area contributed by atoms with Crippen LogP contribution in [0.15, 0.2) is 45.9 Å². The van der Waals surface area contributed by atoms with Crippen LogP contribution in [0.5, 0.6) is 0 Å². The molecule has 0 fully saturated rings. The number of carbonyl (C=O) groups excluding carboxylic acids is 1. The number of alkyl halides is 3. The van der Waals surface area contributed by atoms with E-state index in [1.54, 1.807) is 0 Å². The minimum absolute atomic E-state index is 0.0711. The molecule has 1 amide bonds. The number of benzene rings is 1. The van der Waals surface area contributed by atoms with Gasteiger partial charge >= 0.3 is 6.18 Å². The van der Waals surface area contributed by atoms with E-state index in [-0.39, 0.29) is 16.6 Å². The Labute approximate surface area is 147 Å². The van der Waals surface area contributed by atoms with Gasteiger partial charge in [0, 0.05) is 15.6 Å². The monoisotopic (exact) mass is 424 g/mol. The van der Waals surface area contributed by atoms with Gasteiger partial charge in [-0.2, -0.15) is 13.2 Å². The number of nitrogens with zero attached hydrogens (tertiary/aromatic N) is 1. The number of rotatable bonds is 4. The van der Waals surface area contributed by atoms with Crippen molar-refractivity contribution in [2.45, 2.75) is 11.1 Å². The van der Waals surface area contributed by atoms with Crippen LogP contribution < -0.4 is 5.32 Å². The van der Waals surface area contributed by atoms with Crippen LogP contribution in [-0.2, 0) is 11.0 Å². The number of hydrogen-bond acceptors (Lipinski definition) is 3. The average molecular weight is 426 g/mol. The Morgan fingerprint density at radius 2 is 2.04 bits per heavy atom. The highest BCUT2D eigenvalue weighted by Crippen LogP contribution is 2.32. The Morgan fingerprint density at radius 1 is 1.35 bits per heavy atom. The molecule has 1 heterocycles. The molecule has 0 unspecified atom stereocenters. The third-order valence-electron chi connectivity index (χ3n) is 2.62. The average Bonchev–Trinajstić information content (AvgIpc) is 2.47. The number of carbonyl (C=O) groups is 1. The van der Waals surface area contributed by atoms with Crippen molar-refractivity contribution < 1.29 is 18.0 Å². The molecule has 9 heteroatoms. The fourth-order valence-electron chi connectivity index (χ4n) is 1.56. The van der Waals surface area contributed by atoms with E-state index in [2.05, 4.69) is 26.2 Å². The molecule has 2 aromatic rings. The van der Waals surface area contributed by atoms with Gasteiger partial charge in [0.25, 0.3) is 0 Å². The number of aromatic nitrogens is 1. The highest BCUT2D eigenvalue weighted by molar-refractivity contribution is 9.10. The zero-order valence-corrected chi connectivity index (χ0v) is 14.5. The van der Waals surface area contributed by atoms with Crippen molar-refractivity contribution in [1.82, 2.24) is 4.98 Å². The van der Waals surface area contributed by atoms with Gasteiger partial charge in [-0.1, -0.05) is 23.7 Å². The Bertz CT molecular complexity index is 727. The van der Waals surface area contributed by atoms with Crippen molar-refractivity contribution in [2.75, 3.05) is 11.1 Å². The second-order valence-corrected chi connectivity index (χ2v) is 6.60. The minimum Gasteiger partial charge on any atom is -0.309 e. The molecular weight excluding hydrogens is 417 g/mol. The number of halogens is 5. The lowest BCUT2D eigenvalue weighted by molar-refractivity contribution is -0.137. The molecule has 0 aliphatic carbocycles. The quantitative estimate of drug-likeness (QED) is 0.681. The second-order valence-electron chi connectivity index (χ2n) is 4.32. The lowest BCUT2D eigenvalue weighted by Gasteiger charge is -2.10. The maximum absolute atomic E-state index is 12.5. The summed E-state index contributed by atoms with van der Waals surface area (Å²) in [5.74, 6) is -0.445. The Kier molecular flexibility index (Phi) is 5.94. The third kappa shape index (κ3) is 5.12. The molecule has 1 N–H and O–H groups in total. The first-order valence-electron chi connectivity index (χ1n) is 6.17. The van der Waals surface area contributed by atoms with Crippen LogP contribution in [-0.4, -0.2) is 16.6 Å². The zero-order chi connectivity index (χ0) is 17.0. The normalized spacial score (nSPS) is 11.3. The first-order chi connectivity index (χ1) is 10.8. The van der Waals surface area contributed by atoms with Crippen molar-refractivity contribution in [1.29, 1.82) is 0 Å². The van der Waals surface area contributed by atoms with Crippen LogP contribution in [0.2, 0.25) is 5.02 Å². The summed E-state index contributed by atoms with van der Waals surface area (Å²) < 4.78 is 38.4. The maximum atomic E-state index is 12.5. The fraction of sp³-hybridized carbons (Fsp3) is 0.143. The summed E-state index contributed by atoms with van der Waals surface area (Å²) in [5.41, 5.74) is -0.969. The molecule has 0 spiro atoms. The summed E-state index contributed by atoms with van der Waals surface area (Å²) in [6.07, 6.45) is -3.91. The molecule has 1 aromatic carbocycles. The number of thioether (sulfide) groups is 1. The molecule has 0 saturated heterocycles. The molecule has 0 bridgehead atoms. The number of hydrogen-bond donors (Lipinski definition) is 1. The second kappa shape index (κ2) is 7.55. The summed E-state index contributed by atoms with van der Waals surface area (Å²) >= 11 is 10.4. The number of nitrogens with one attached hydrogen (secondary N) is 1. The van der Waals surface area contributed by atoms with Crippen molar-refractivity contribution in [3.8, 4) is 0 Å². The van der Waals surface area contributed by atoms with Gasteiger partial charge in [-0.3, -0.25) is 4.79 Å². The van der Waals surface area contributed by atoms with Gasteiger partial charge in [0.05, 0.1) is 16.3 Å². The van der Waals surface area contributed by atoms with Gasteiger partial charge in [-0.05, 0) is 34.1 Å². The lowest BCUT2D eigenvalue weighted by atomic mass is 10.3. The highest BCUT2D eigenvalue weighted by Gasteiger charge is 2.31. The van der Waals surface area contributed by atoms with Gasteiger partial charge in [0.2, 0.25) is 5.91 Å². The molecule has 0 saturated carbocycles. The summed E-state index contributed by atoms with van der Waals surface area (Å²) in [4.78, 5) is 16.3. The summed E-state index contributed by atoms with van der Waals surface area (Å²) in [6.45, 7) is 0. The van der Waals surface area contributed by atoms with Gasteiger partial charge in [0.1, 0.15) is 0 Å². The highest BCUT2D eigenvalue weighted by atomic mass is 79.9. The fourth-order valence-corrected chi connectivity index (χ4v) is 3.14. The van der Waals surface area contributed by atoms with E-state index in [1.165, 1.54) is 11.8 Å². The molecule has 122 valence electrons. The Morgan fingerprint density at radius 3 is 2.65 bits per heavy atom. The Hall–Kier alpha value is -1.25. The van der Waals surface area contributed by atoms with E-state index in [0.717, 1.165) is 15.4 Å². The van der Waals surface area contributed by atoms with Gasteiger partial charge < -0.3 is 5.32 Å². The van der Waals surface area contributed by atoms with E-state index in [4.69, 9.17) is 11.6 Å². The van der Waals surface area contributed by atoms with Gasteiger partial charge in [-0.25, -0.2) is 4.98 Å². The SMILES string of the molecule is O=C(CSc1ccccc1Br)Nc1ncc(C(F)(F)F)cc1Cl. The molecule has 0 atom stereocenters. The smallest absolute Gasteiger partial charge is 0.309 e. The van der Waals surface area contributed by atoms with Crippen molar-refractivity contribution in [3.63, 3.8) is 0 Å². The number of anilines is 1. The van der Waals surface area contributed by atoms with Gasteiger partial charge in [-0.15, -0.1) is 11.8 Å². The lowest BCUT2D eigenvalue weighted by Crippen LogP contribution is -2.16. The minimum atomic E-state index is -4.53. The predicted molar refractivity (Wildman–Crippen MR) is 87.7 cm³/mol. The molecular formula is C14H9BrClF3N2OS. The van der Waals surface area contributed by atoms with E-state index in [1.807, 2.05) is 24.3 Å². The van der Waals surface area contributed by atoms with Crippen LogP contribution in [0.3, 0.4) is 0 Å². The summed E-state index contributed by atoms with van der Waals surface area (Å²) in [6, 6.07) is 8.09. The molecule has 0 aliphatic rings. The third-order valence-corrected chi connectivity index (χ3v) is 4.94. The van der Waals surface area contributed by atoms with E-state index in [0.29, 0.717) is 6.20 Å². The van der Waals surface area contributed by atoms with E-state index < -0.39 is 17.6 Å². The van der Waals surface area contributed by atoms with Crippen molar-refractivity contribution >= 4 is 51.0 Å². The van der Waals surface area contributed by atoms with E-state index in [9.17, 15) is 18.0 Å². The molecule has 0 aliphatic heterocycles. The number of amides is 1. The van der Waals surface area contributed by atoms with Crippen LogP contribution in [0.1, 0.15) is 5.56 Å². The molecule has 3 nitrogen and oxygen atoms in total. The molecule has 2 rings (SSSR count). The Balaban J connectivity index is 1.99. The van der Waals surface area contributed by atoms with Crippen LogP contribution in [0.25, 0.3) is 0 Å². The first kappa shape index (κ1) is 18.1. The summed E-state index contributed by atoms with van der Waals surface area (Å²) in [7, 11) is 0. The predicted octanol–water partition coefficient (Wildman–Crippen LogP) is 5.25. The molecule has 0 radical (unpaired) electrons. The van der Waals surface area contributed by atoms with Crippen LogP contribution >= 0.6 is 39.3 Å². The first-order valence-corrected chi connectivity index (χ1v) is 8.33. The molecule has 1 aromatic heterocycles. The van der Waals surface area contributed by atoms with E-state index >= 15 is 0 Å². The maximum Gasteiger partial charge on any atom is 0.417 e. The topological polar surface area (TPSA) is 42.0 Å². The zero-order valence-electron chi connectivity index (χ0n) is 11.3. The number of pyridine rings is 1. The van der Waals surface area contributed by atoms with Crippen LogP contribution in [0.4, 0.5) is 19.0 Å². The van der Waals surface area contributed by atoms with Crippen molar-refractivity contribution in [3.05, 3.63) is 51.6 Å². The molecule has 23 heavy (non-hydrogen) atoms. The largest absolute Gasteiger partial charge is 0.417 e. The standard InChI is InChI=1S/C14H9BrClF3N2OS/c15-9-3-1-2-4-11(9)23-7-12(22)21-13-10(16)5-8(6-20-13)14(17,18)19/h1-6H,7H2,(H,20,21,22). The van der Waals surface area contributed by atoms with Gasteiger partial charge in [0.15, 0.2) is 5.82 Å². The summed E-state index contributed by atoms with van der Waals surface area (Å²) in [5, 5.41) is 2.13. The van der Waals surface area contributed by atoms with Crippen LogP contribution in [0, 0.1) is 0 Å².